The van der Waals surface area contributed by atoms with Gasteiger partial charge >= 0.3 is 5.97 Å². The van der Waals surface area contributed by atoms with Crippen LogP contribution in [-0.4, -0.2) is 25.8 Å². The molecule has 0 bridgehead atoms. The summed E-state index contributed by atoms with van der Waals surface area (Å²) in [6, 6.07) is 2.86. The van der Waals surface area contributed by atoms with Crippen molar-refractivity contribution >= 4 is 5.97 Å². The third-order valence-corrected chi connectivity index (χ3v) is 3.65. The van der Waals surface area contributed by atoms with E-state index in [0.29, 0.717) is 11.6 Å². The molecule has 2 aromatic rings. The molecule has 1 unspecified atom stereocenters. The van der Waals surface area contributed by atoms with Crippen LogP contribution in [0.3, 0.4) is 0 Å². The first-order chi connectivity index (χ1) is 9.56. The Bertz CT molecular complexity index is 647. The van der Waals surface area contributed by atoms with Crippen molar-refractivity contribution in [2.45, 2.75) is 25.8 Å². The molecule has 1 aliphatic carbocycles. The number of pyridine rings is 1. The van der Waals surface area contributed by atoms with E-state index in [4.69, 9.17) is 0 Å². The van der Waals surface area contributed by atoms with E-state index in [9.17, 15) is 14.3 Å². The Kier molecular flexibility index (Phi) is 3.00. The minimum Gasteiger partial charge on any atom is -0.478 e. The van der Waals surface area contributed by atoms with E-state index in [1.807, 2.05) is 6.92 Å². The molecule has 1 N–H and O–H groups in total. The van der Waals surface area contributed by atoms with Crippen molar-refractivity contribution in [1.82, 2.24) is 14.8 Å². The van der Waals surface area contributed by atoms with Crippen molar-refractivity contribution in [3.05, 3.63) is 35.9 Å². The molecule has 0 spiro atoms. The van der Waals surface area contributed by atoms with Crippen molar-refractivity contribution in [1.29, 1.82) is 0 Å². The van der Waals surface area contributed by atoms with Gasteiger partial charge in [0, 0.05) is 6.20 Å². The highest BCUT2D eigenvalue weighted by molar-refractivity contribution is 5.94. The smallest absolute Gasteiger partial charge is 0.339 e. The fourth-order valence-corrected chi connectivity index (χ4v) is 2.26. The largest absolute Gasteiger partial charge is 0.478 e. The van der Waals surface area contributed by atoms with Gasteiger partial charge in [-0.05, 0) is 37.8 Å². The maximum Gasteiger partial charge on any atom is 0.339 e. The van der Waals surface area contributed by atoms with Gasteiger partial charge in [-0.1, -0.05) is 0 Å². The van der Waals surface area contributed by atoms with Gasteiger partial charge in [0.2, 0.25) is 0 Å². The molecule has 1 aliphatic rings. The highest BCUT2D eigenvalue weighted by Gasteiger charge is 2.31. The molecular weight excluding hydrogens is 261 g/mol. The molecule has 0 amide bonds. The van der Waals surface area contributed by atoms with Crippen LogP contribution in [0.2, 0.25) is 0 Å². The molecule has 2 aromatic heterocycles. The molecule has 0 radical (unpaired) electrons. The summed E-state index contributed by atoms with van der Waals surface area (Å²) in [5.74, 6) is -0.956. The number of carboxylic acid groups (broad SMARTS) is 1. The summed E-state index contributed by atoms with van der Waals surface area (Å²) in [6.45, 7) is 2.03. The first-order valence-corrected chi connectivity index (χ1v) is 6.50. The number of hydrogen-bond donors (Lipinski definition) is 1. The minimum absolute atomic E-state index is 0.0941. The van der Waals surface area contributed by atoms with Gasteiger partial charge in [0.15, 0.2) is 0 Å². The van der Waals surface area contributed by atoms with Crippen LogP contribution in [0.25, 0.3) is 11.4 Å². The summed E-state index contributed by atoms with van der Waals surface area (Å²) < 4.78 is 14.6. The van der Waals surface area contributed by atoms with Crippen LogP contribution in [0, 0.1) is 11.7 Å². The Morgan fingerprint density at radius 2 is 2.25 bits per heavy atom. The van der Waals surface area contributed by atoms with Crippen LogP contribution >= 0.6 is 0 Å². The lowest BCUT2D eigenvalue weighted by Gasteiger charge is -2.09. The Morgan fingerprint density at radius 3 is 2.80 bits per heavy atom. The second-order valence-corrected chi connectivity index (χ2v) is 5.12. The normalized spacial score (nSPS) is 16.1. The molecule has 2 heterocycles. The highest BCUT2D eigenvalue weighted by Crippen LogP contribution is 2.39. The molecule has 6 heteroatoms. The van der Waals surface area contributed by atoms with Crippen LogP contribution in [0.1, 0.15) is 36.2 Å². The van der Waals surface area contributed by atoms with E-state index >= 15 is 0 Å². The number of carbonyl (C=O) groups is 1. The van der Waals surface area contributed by atoms with E-state index < -0.39 is 11.8 Å². The zero-order valence-corrected chi connectivity index (χ0v) is 11.0. The third-order valence-electron chi connectivity index (χ3n) is 3.65. The molecule has 1 atom stereocenters. The first-order valence-electron chi connectivity index (χ1n) is 6.50. The lowest BCUT2D eigenvalue weighted by molar-refractivity contribution is 0.0697. The van der Waals surface area contributed by atoms with Gasteiger partial charge in [-0.15, -0.1) is 0 Å². The highest BCUT2D eigenvalue weighted by atomic mass is 19.1. The van der Waals surface area contributed by atoms with Gasteiger partial charge in [0.25, 0.3) is 0 Å². The van der Waals surface area contributed by atoms with Crippen molar-refractivity contribution < 1.29 is 14.3 Å². The molecule has 20 heavy (non-hydrogen) atoms. The van der Waals surface area contributed by atoms with Crippen molar-refractivity contribution in [2.75, 3.05) is 0 Å². The predicted molar refractivity (Wildman–Crippen MR) is 69.8 cm³/mol. The van der Waals surface area contributed by atoms with Crippen LogP contribution in [0.5, 0.6) is 0 Å². The summed E-state index contributed by atoms with van der Waals surface area (Å²) in [5.41, 5.74) is 0.743. The predicted octanol–water partition coefficient (Wildman–Crippen LogP) is 2.75. The molecular formula is C14H14FN3O2. The fraction of sp³-hybridized carbons (Fsp3) is 0.357. The number of nitrogens with zero attached hydrogens (tertiary/aromatic N) is 3. The molecule has 5 nitrogen and oxygen atoms in total. The van der Waals surface area contributed by atoms with Crippen LogP contribution in [0.4, 0.5) is 4.39 Å². The van der Waals surface area contributed by atoms with Crippen LogP contribution in [-0.2, 0) is 0 Å². The summed E-state index contributed by atoms with van der Waals surface area (Å²) in [5, 5.41) is 13.6. The molecule has 1 fully saturated rings. The maximum atomic E-state index is 12.9. The van der Waals surface area contributed by atoms with Gasteiger partial charge in [0.05, 0.1) is 17.9 Å². The van der Waals surface area contributed by atoms with E-state index in [2.05, 4.69) is 10.1 Å². The molecule has 1 saturated carbocycles. The monoisotopic (exact) mass is 275 g/mol. The van der Waals surface area contributed by atoms with Crippen LogP contribution in [0.15, 0.2) is 24.5 Å². The first kappa shape index (κ1) is 12.8. The Morgan fingerprint density at radius 1 is 1.50 bits per heavy atom. The van der Waals surface area contributed by atoms with Crippen molar-refractivity contribution in [2.24, 2.45) is 5.92 Å². The lowest BCUT2D eigenvalue weighted by atomic mass is 10.2. The SMILES string of the molecule is CC(C1CC1)n1cc(C(=O)O)c(-c2ccc(F)cn2)n1. The summed E-state index contributed by atoms with van der Waals surface area (Å²) in [6.07, 6.45) is 4.89. The second kappa shape index (κ2) is 4.70. The number of aromatic nitrogens is 3. The summed E-state index contributed by atoms with van der Waals surface area (Å²) in [7, 11) is 0. The topological polar surface area (TPSA) is 68.0 Å². The average Bonchev–Trinajstić information content (AvgIpc) is 3.17. The number of rotatable bonds is 4. The standard InChI is InChI=1S/C14H14FN3O2/c1-8(9-2-3-9)18-7-11(14(19)20)13(17-18)12-5-4-10(15)6-16-12/h4-9H,2-3H2,1H3,(H,19,20). The van der Waals surface area contributed by atoms with E-state index in [0.717, 1.165) is 19.0 Å². The van der Waals surface area contributed by atoms with Crippen LogP contribution < -0.4 is 0 Å². The zero-order valence-electron chi connectivity index (χ0n) is 11.0. The van der Waals surface area contributed by atoms with Gasteiger partial charge in [-0.25, -0.2) is 9.18 Å². The molecule has 0 saturated heterocycles. The van der Waals surface area contributed by atoms with Gasteiger partial charge < -0.3 is 5.11 Å². The zero-order chi connectivity index (χ0) is 14.3. The second-order valence-electron chi connectivity index (χ2n) is 5.12. The average molecular weight is 275 g/mol. The van der Waals surface area contributed by atoms with E-state index in [1.165, 1.54) is 18.3 Å². The molecule has 104 valence electrons. The lowest BCUT2D eigenvalue weighted by Crippen LogP contribution is -2.07. The minimum atomic E-state index is -1.06. The van der Waals surface area contributed by atoms with E-state index in [-0.39, 0.29) is 17.3 Å². The molecule has 3 rings (SSSR count). The number of hydrogen-bond acceptors (Lipinski definition) is 3. The number of aromatic carboxylic acids is 1. The number of halogens is 1. The Hall–Kier alpha value is -2.24. The van der Waals surface area contributed by atoms with Gasteiger partial charge in [-0.2, -0.15) is 5.10 Å². The van der Waals surface area contributed by atoms with Gasteiger partial charge in [0.1, 0.15) is 17.1 Å². The Labute approximate surface area is 115 Å². The molecule has 0 aliphatic heterocycles. The van der Waals surface area contributed by atoms with Crippen molar-refractivity contribution in [3.63, 3.8) is 0 Å². The summed E-state index contributed by atoms with van der Waals surface area (Å²) >= 11 is 0. The van der Waals surface area contributed by atoms with Gasteiger partial charge in [-0.3, -0.25) is 9.67 Å². The quantitative estimate of drug-likeness (QED) is 0.931. The fourth-order valence-electron chi connectivity index (χ4n) is 2.26. The van der Waals surface area contributed by atoms with Crippen molar-refractivity contribution in [3.8, 4) is 11.4 Å². The summed E-state index contributed by atoms with van der Waals surface area (Å²) in [4.78, 5) is 15.2. The van der Waals surface area contributed by atoms with E-state index in [1.54, 1.807) is 4.68 Å². The third kappa shape index (κ3) is 2.29. The Balaban J connectivity index is 2.03. The maximum absolute atomic E-state index is 12.9. The molecule has 0 aromatic carbocycles. The number of carboxylic acids is 1.